The third kappa shape index (κ3) is 7.31. The fourth-order valence-corrected chi connectivity index (χ4v) is 1.65. The van der Waals surface area contributed by atoms with Crippen molar-refractivity contribution in [1.29, 1.82) is 0 Å². The highest BCUT2D eigenvalue weighted by atomic mass is 16.5. The van der Waals surface area contributed by atoms with Crippen molar-refractivity contribution in [3.05, 3.63) is 0 Å². The second-order valence-corrected chi connectivity index (χ2v) is 3.85. The molecule has 0 aromatic heterocycles. The van der Waals surface area contributed by atoms with Crippen LogP contribution in [0.1, 0.15) is 20.3 Å². The maximum atomic E-state index is 11.5. The number of nitrogens with one attached hydrogen (secondary N) is 1. The van der Waals surface area contributed by atoms with Crippen LogP contribution in [0.5, 0.6) is 0 Å². The van der Waals surface area contributed by atoms with Gasteiger partial charge in [-0.15, -0.1) is 0 Å². The summed E-state index contributed by atoms with van der Waals surface area (Å²) in [6.45, 7) is 8.30. The average Bonchev–Trinajstić information content (AvgIpc) is 2.36. The molecule has 0 saturated heterocycles. The lowest BCUT2D eigenvalue weighted by molar-refractivity contribution is -0.143. The van der Waals surface area contributed by atoms with Gasteiger partial charge < -0.3 is 19.7 Å². The number of hydrogen-bond acceptors (Lipinski definition) is 5. The first-order chi connectivity index (χ1) is 8.19. The third-order valence-electron chi connectivity index (χ3n) is 2.73. The topological polar surface area (TPSA) is 50.8 Å². The molecule has 0 heterocycles. The van der Waals surface area contributed by atoms with Crippen molar-refractivity contribution in [3.63, 3.8) is 0 Å². The van der Waals surface area contributed by atoms with Crippen molar-refractivity contribution in [2.24, 2.45) is 0 Å². The first kappa shape index (κ1) is 16.4. The van der Waals surface area contributed by atoms with Crippen molar-refractivity contribution < 1.29 is 14.3 Å². The quantitative estimate of drug-likeness (QED) is 0.569. The van der Waals surface area contributed by atoms with Gasteiger partial charge in [-0.3, -0.25) is 4.79 Å². The minimum absolute atomic E-state index is 0.186. The summed E-state index contributed by atoms with van der Waals surface area (Å²) >= 11 is 0. The smallest absolute Gasteiger partial charge is 0.322 e. The second-order valence-electron chi connectivity index (χ2n) is 3.85. The number of ether oxygens (including phenoxy) is 2. The van der Waals surface area contributed by atoms with Gasteiger partial charge in [-0.2, -0.15) is 0 Å². The molecule has 0 aliphatic heterocycles. The molecule has 0 aliphatic carbocycles. The number of hydrogen-bond donors (Lipinski definition) is 1. The summed E-state index contributed by atoms with van der Waals surface area (Å²) in [5.41, 5.74) is 0. The minimum Gasteiger partial charge on any atom is -0.468 e. The third-order valence-corrected chi connectivity index (χ3v) is 2.73. The molecule has 0 bridgehead atoms. The minimum atomic E-state index is -0.207. The molecular formula is C12H26N2O3. The summed E-state index contributed by atoms with van der Waals surface area (Å²) in [5, 5.41) is 3.14. The number of nitrogens with zero attached hydrogens (tertiary/aromatic N) is 1. The van der Waals surface area contributed by atoms with Crippen LogP contribution in [0, 0.1) is 0 Å². The number of esters is 1. The number of carbonyl (C=O) groups excluding carboxylic acids is 1. The van der Waals surface area contributed by atoms with E-state index in [-0.39, 0.29) is 12.0 Å². The van der Waals surface area contributed by atoms with Crippen LogP contribution in [0.15, 0.2) is 0 Å². The van der Waals surface area contributed by atoms with Crippen molar-refractivity contribution in [2.75, 3.05) is 47.0 Å². The monoisotopic (exact) mass is 246 g/mol. The van der Waals surface area contributed by atoms with E-state index in [4.69, 9.17) is 9.47 Å². The Bertz CT molecular complexity index is 200. The van der Waals surface area contributed by atoms with Crippen LogP contribution in [0.4, 0.5) is 0 Å². The molecular weight excluding hydrogens is 220 g/mol. The van der Waals surface area contributed by atoms with Crippen LogP contribution in [0.2, 0.25) is 0 Å². The lowest BCUT2D eigenvalue weighted by Crippen LogP contribution is -2.41. The molecule has 1 atom stereocenters. The highest BCUT2D eigenvalue weighted by molar-refractivity contribution is 5.75. The molecule has 0 spiro atoms. The maximum Gasteiger partial charge on any atom is 0.322 e. The van der Waals surface area contributed by atoms with Gasteiger partial charge in [0.25, 0.3) is 0 Å². The summed E-state index contributed by atoms with van der Waals surface area (Å²) in [5.74, 6) is -0.186. The van der Waals surface area contributed by atoms with Gasteiger partial charge in [-0.1, -0.05) is 13.8 Å². The number of rotatable bonds is 10. The summed E-state index contributed by atoms with van der Waals surface area (Å²) in [6, 6.07) is -0.207. The van der Waals surface area contributed by atoms with Gasteiger partial charge in [0, 0.05) is 20.2 Å². The first-order valence-corrected chi connectivity index (χ1v) is 6.22. The van der Waals surface area contributed by atoms with E-state index in [1.54, 1.807) is 7.11 Å². The van der Waals surface area contributed by atoms with E-state index >= 15 is 0 Å². The van der Waals surface area contributed by atoms with E-state index in [1.807, 2.05) is 6.92 Å². The Kier molecular flexibility index (Phi) is 10.1. The molecule has 0 saturated carbocycles. The molecule has 0 amide bonds. The highest BCUT2D eigenvalue weighted by Gasteiger charge is 2.18. The van der Waals surface area contributed by atoms with Gasteiger partial charge in [-0.25, -0.2) is 0 Å². The molecule has 5 nitrogen and oxygen atoms in total. The zero-order chi connectivity index (χ0) is 13.1. The Morgan fingerprint density at radius 1 is 1.29 bits per heavy atom. The standard InChI is InChI=1S/C12H26N2O3/c1-5-13-11(12(15)17-4)7-8-14(6-2)9-10-16-3/h11,13H,5-10H2,1-4H3. The Morgan fingerprint density at radius 2 is 2.00 bits per heavy atom. The summed E-state index contributed by atoms with van der Waals surface area (Å²) in [7, 11) is 3.12. The second kappa shape index (κ2) is 10.5. The molecule has 102 valence electrons. The zero-order valence-corrected chi connectivity index (χ0v) is 11.5. The van der Waals surface area contributed by atoms with Gasteiger partial charge in [0.15, 0.2) is 0 Å². The fourth-order valence-electron chi connectivity index (χ4n) is 1.65. The molecule has 0 fully saturated rings. The number of likely N-dealkylation sites (N-methyl/N-ethyl adjacent to an activating group) is 2. The molecule has 1 N–H and O–H groups in total. The van der Waals surface area contributed by atoms with Gasteiger partial charge in [0.05, 0.1) is 13.7 Å². The maximum absolute atomic E-state index is 11.5. The van der Waals surface area contributed by atoms with Crippen molar-refractivity contribution >= 4 is 5.97 Å². The van der Waals surface area contributed by atoms with Gasteiger partial charge in [0.1, 0.15) is 6.04 Å². The summed E-state index contributed by atoms with van der Waals surface area (Å²) in [4.78, 5) is 13.7. The van der Waals surface area contributed by atoms with Gasteiger partial charge in [0.2, 0.25) is 0 Å². The largest absolute Gasteiger partial charge is 0.468 e. The van der Waals surface area contributed by atoms with E-state index < -0.39 is 0 Å². The van der Waals surface area contributed by atoms with Gasteiger partial charge >= 0.3 is 5.97 Å². The predicted octanol–water partition coefficient (Wildman–Crippen LogP) is 0.496. The summed E-state index contributed by atoms with van der Waals surface area (Å²) in [6.07, 6.45) is 0.762. The Hall–Kier alpha value is -0.650. The molecule has 0 aromatic carbocycles. The Morgan fingerprint density at radius 3 is 2.47 bits per heavy atom. The van der Waals surface area contributed by atoms with Crippen molar-refractivity contribution in [3.8, 4) is 0 Å². The van der Waals surface area contributed by atoms with E-state index in [0.29, 0.717) is 0 Å². The van der Waals surface area contributed by atoms with Crippen molar-refractivity contribution in [2.45, 2.75) is 26.3 Å². The highest BCUT2D eigenvalue weighted by Crippen LogP contribution is 1.99. The summed E-state index contributed by atoms with van der Waals surface area (Å²) < 4.78 is 9.82. The number of carbonyl (C=O) groups is 1. The van der Waals surface area contributed by atoms with E-state index in [2.05, 4.69) is 17.1 Å². The van der Waals surface area contributed by atoms with Crippen molar-refractivity contribution in [1.82, 2.24) is 10.2 Å². The van der Waals surface area contributed by atoms with Crippen LogP contribution >= 0.6 is 0 Å². The van der Waals surface area contributed by atoms with E-state index in [0.717, 1.165) is 39.2 Å². The van der Waals surface area contributed by atoms with Gasteiger partial charge in [-0.05, 0) is 19.5 Å². The molecule has 1 unspecified atom stereocenters. The van der Waals surface area contributed by atoms with Crippen LogP contribution < -0.4 is 5.32 Å². The van der Waals surface area contributed by atoms with Crippen LogP contribution in [0.25, 0.3) is 0 Å². The first-order valence-electron chi connectivity index (χ1n) is 6.22. The van der Waals surface area contributed by atoms with E-state index in [1.165, 1.54) is 7.11 Å². The molecule has 0 radical (unpaired) electrons. The molecule has 0 aliphatic rings. The van der Waals surface area contributed by atoms with E-state index in [9.17, 15) is 4.79 Å². The Balaban J connectivity index is 4.03. The molecule has 0 aromatic rings. The van der Waals surface area contributed by atoms with Crippen LogP contribution in [-0.2, 0) is 14.3 Å². The SMILES string of the molecule is CCNC(CCN(CC)CCOC)C(=O)OC. The predicted molar refractivity (Wildman–Crippen MR) is 68.1 cm³/mol. The van der Waals surface area contributed by atoms with Crippen LogP contribution in [0.3, 0.4) is 0 Å². The zero-order valence-electron chi connectivity index (χ0n) is 11.5. The lowest BCUT2D eigenvalue weighted by Gasteiger charge is -2.22. The van der Waals surface area contributed by atoms with Crippen LogP contribution in [-0.4, -0.2) is 63.9 Å². The number of methoxy groups -OCH3 is 2. The molecule has 17 heavy (non-hydrogen) atoms. The molecule has 0 rings (SSSR count). The lowest BCUT2D eigenvalue weighted by atomic mass is 10.2. The normalized spacial score (nSPS) is 12.8. The molecule has 5 heteroatoms. The average molecular weight is 246 g/mol. The fraction of sp³-hybridized carbons (Fsp3) is 0.917. The Labute approximate surface area is 104 Å².